The highest BCUT2D eigenvalue weighted by atomic mass is 32.2. The molecule has 5 rings (SSSR count). The summed E-state index contributed by atoms with van der Waals surface area (Å²) in [5, 5.41) is 4.70. The van der Waals surface area contributed by atoms with E-state index < -0.39 is 17.6 Å². The molecule has 12 heteroatoms. The molecule has 1 fully saturated rings. The number of pyridine rings is 1. The number of ether oxygens (including phenoxy) is 2. The number of fused-ring (bicyclic) bond motifs is 1. The fourth-order valence-electron chi connectivity index (χ4n) is 4.60. The molecule has 0 aliphatic carbocycles. The molecule has 39 heavy (non-hydrogen) atoms. The lowest BCUT2D eigenvalue weighted by Crippen LogP contribution is -2.33. The summed E-state index contributed by atoms with van der Waals surface area (Å²) in [4.78, 5) is 10.7. The summed E-state index contributed by atoms with van der Waals surface area (Å²) in [5.74, 6) is 3.00. The minimum absolute atomic E-state index is 0.218. The van der Waals surface area contributed by atoms with Crippen LogP contribution in [0.25, 0.3) is 28.2 Å². The highest BCUT2D eigenvalue weighted by molar-refractivity contribution is 7.99. The van der Waals surface area contributed by atoms with Gasteiger partial charge in [-0.15, -0.1) is 0 Å². The summed E-state index contributed by atoms with van der Waals surface area (Å²) < 4.78 is 53.5. The SMILES string of the molecule is COc1cc(-c2ccc3nc(C)c(-c4cnc(N)c(C(F)(F)F)c4)n3n2)ccc1OCCCN1CCSCC1. The van der Waals surface area contributed by atoms with E-state index in [2.05, 4.69) is 14.9 Å². The van der Waals surface area contributed by atoms with Gasteiger partial charge in [0, 0.05) is 48.5 Å². The molecule has 1 saturated heterocycles. The van der Waals surface area contributed by atoms with E-state index in [0.717, 1.165) is 37.7 Å². The van der Waals surface area contributed by atoms with Crippen LogP contribution in [0, 0.1) is 6.92 Å². The van der Waals surface area contributed by atoms with Crippen LogP contribution in [0.2, 0.25) is 0 Å². The Balaban J connectivity index is 1.40. The fraction of sp³-hybridized carbons (Fsp3) is 0.370. The van der Waals surface area contributed by atoms with E-state index in [9.17, 15) is 13.2 Å². The number of alkyl halides is 3. The summed E-state index contributed by atoms with van der Waals surface area (Å²) >= 11 is 1.99. The number of imidazole rings is 1. The molecule has 4 heterocycles. The van der Waals surface area contributed by atoms with Crippen LogP contribution in [-0.4, -0.2) is 69.3 Å². The van der Waals surface area contributed by atoms with Gasteiger partial charge in [-0.2, -0.15) is 30.0 Å². The average molecular weight is 559 g/mol. The molecule has 0 bridgehead atoms. The molecule has 0 atom stereocenters. The van der Waals surface area contributed by atoms with Crippen LogP contribution in [0.15, 0.2) is 42.6 Å². The quantitative estimate of drug-likeness (QED) is 0.296. The molecule has 3 aromatic heterocycles. The molecule has 1 aromatic carbocycles. The van der Waals surface area contributed by atoms with Crippen molar-refractivity contribution >= 4 is 23.2 Å². The fourth-order valence-corrected chi connectivity index (χ4v) is 5.58. The zero-order valence-electron chi connectivity index (χ0n) is 21.7. The molecule has 4 aromatic rings. The molecule has 0 amide bonds. The minimum Gasteiger partial charge on any atom is -0.493 e. The van der Waals surface area contributed by atoms with Gasteiger partial charge in [0.05, 0.1) is 36.4 Å². The lowest BCUT2D eigenvalue weighted by molar-refractivity contribution is -0.137. The first-order valence-corrected chi connectivity index (χ1v) is 13.7. The number of nitrogens with zero attached hydrogens (tertiary/aromatic N) is 5. The number of aryl methyl sites for hydroxylation is 1. The Labute approximate surface area is 228 Å². The average Bonchev–Trinajstić information content (AvgIpc) is 3.26. The van der Waals surface area contributed by atoms with Gasteiger partial charge < -0.3 is 20.1 Å². The number of nitrogens with two attached hydrogens (primary N) is 1. The van der Waals surface area contributed by atoms with Gasteiger partial charge in [0.25, 0.3) is 0 Å². The molecule has 8 nitrogen and oxygen atoms in total. The van der Waals surface area contributed by atoms with Crippen LogP contribution in [0.5, 0.6) is 11.5 Å². The zero-order chi connectivity index (χ0) is 27.6. The molecular formula is C27H29F3N6O2S. The Morgan fingerprint density at radius 1 is 1.05 bits per heavy atom. The Morgan fingerprint density at radius 2 is 1.85 bits per heavy atom. The number of methoxy groups -OCH3 is 1. The predicted octanol–water partition coefficient (Wildman–Crippen LogP) is 5.19. The zero-order valence-corrected chi connectivity index (χ0v) is 22.5. The second-order valence-corrected chi connectivity index (χ2v) is 10.4. The van der Waals surface area contributed by atoms with Gasteiger partial charge in [0.1, 0.15) is 5.82 Å². The van der Waals surface area contributed by atoms with E-state index in [4.69, 9.17) is 20.3 Å². The van der Waals surface area contributed by atoms with Crippen molar-refractivity contribution in [2.75, 3.05) is 50.6 Å². The van der Waals surface area contributed by atoms with Crippen LogP contribution in [0.3, 0.4) is 0 Å². The first kappa shape index (κ1) is 27.1. The first-order chi connectivity index (χ1) is 18.7. The summed E-state index contributed by atoms with van der Waals surface area (Å²) in [7, 11) is 1.58. The smallest absolute Gasteiger partial charge is 0.419 e. The molecule has 1 aliphatic heterocycles. The van der Waals surface area contributed by atoms with E-state index >= 15 is 0 Å². The lowest BCUT2D eigenvalue weighted by Gasteiger charge is -2.25. The Hall–Kier alpha value is -3.51. The van der Waals surface area contributed by atoms with Crippen LogP contribution in [0.4, 0.5) is 19.0 Å². The van der Waals surface area contributed by atoms with Crippen molar-refractivity contribution < 1.29 is 22.6 Å². The van der Waals surface area contributed by atoms with Gasteiger partial charge in [0.15, 0.2) is 17.1 Å². The van der Waals surface area contributed by atoms with Gasteiger partial charge in [-0.3, -0.25) is 0 Å². The normalized spacial score (nSPS) is 14.6. The Bertz CT molecular complexity index is 1470. The number of hydrogen-bond donors (Lipinski definition) is 1. The van der Waals surface area contributed by atoms with E-state index in [0.29, 0.717) is 40.8 Å². The minimum atomic E-state index is -4.63. The third-order valence-electron chi connectivity index (χ3n) is 6.59. The summed E-state index contributed by atoms with van der Waals surface area (Å²) in [6, 6.07) is 10.1. The predicted molar refractivity (Wildman–Crippen MR) is 146 cm³/mol. The van der Waals surface area contributed by atoms with Crippen molar-refractivity contribution in [2.45, 2.75) is 19.5 Å². The number of benzene rings is 1. The second-order valence-electron chi connectivity index (χ2n) is 9.21. The van der Waals surface area contributed by atoms with Crippen molar-refractivity contribution in [1.82, 2.24) is 24.5 Å². The molecule has 0 radical (unpaired) electrons. The Kier molecular flexibility index (Phi) is 7.85. The van der Waals surface area contributed by atoms with Gasteiger partial charge in [-0.25, -0.2) is 14.5 Å². The topological polar surface area (TPSA) is 90.8 Å². The third kappa shape index (κ3) is 5.91. The number of halogens is 3. The summed E-state index contributed by atoms with van der Waals surface area (Å²) in [6.07, 6.45) is -2.41. The van der Waals surface area contributed by atoms with Gasteiger partial charge in [-0.1, -0.05) is 0 Å². The number of aromatic nitrogens is 4. The monoisotopic (exact) mass is 558 g/mol. The number of rotatable bonds is 8. The number of thioether (sulfide) groups is 1. The molecule has 0 spiro atoms. The van der Waals surface area contributed by atoms with Crippen LogP contribution >= 0.6 is 11.8 Å². The summed E-state index contributed by atoms with van der Waals surface area (Å²) in [6.45, 7) is 5.54. The number of hydrogen-bond acceptors (Lipinski definition) is 8. The van der Waals surface area contributed by atoms with Crippen molar-refractivity contribution in [2.24, 2.45) is 0 Å². The van der Waals surface area contributed by atoms with E-state index in [1.165, 1.54) is 22.2 Å². The Morgan fingerprint density at radius 3 is 2.59 bits per heavy atom. The van der Waals surface area contributed by atoms with Gasteiger partial charge in [-0.05, 0) is 49.7 Å². The lowest BCUT2D eigenvalue weighted by atomic mass is 10.1. The highest BCUT2D eigenvalue weighted by Gasteiger charge is 2.34. The van der Waals surface area contributed by atoms with Gasteiger partial charge in [0.2, 0.25) is 0 Å². The highest BCUT2D eigenvalue weighted by Crippen LogP contribution is 2.36. The standard InChI is InChI=1S/C27H29F3N6O2S/c1-17-25(19-14-20(27(28,29)30)26(31)32-16-19)36-24(33-17)7-5-21(34-36)18-4-6-22(23(15-18)37-2)38-11-3-8-35-9-12-39-13-10-35/h4-7,14-16H,3,8-13H2,1-2H3,(H2,31,32). The molecule has 206 valence electrons. The maximum atomic E-state index is 13.5. The number of anilines is 1. The van der Waals surface area contributed by atoms with Crippen molar-refractivity contribution in [1.29, 1.82) is 0 Å². The number of nitrogen functional groups attached to an aromatic ring is 1. The second kappa shape index (κ2) is 11.3. The van der Waals surface area contributed by atoms with Crippen molar-refractivity contribution in [3.63, 3.8) is 0 Å². The molecule has 1 aliphatic rings. The van der Waals surface area contributed by atoms with E-state index in [1.807, 2.05) is 30.0 Å². The van der Waals surface area contributed by atoms with Gasteiger partial charge >= 0.3 is 6.18 Å². The van der Waals surface area contributed by atoms with Crippen LogP contribution in [-0.2, 0) is 6.18 Å². The van der Waals surface area contributed by atoms with E-state index in [-0.39, 0.29) is 5.56 Å². The van der Waals surface area contributed by atoms with Crippen LogP contribution in [0.1, 0.15) is 17.7 Å². The molecule has 0 saturated carbocycles. The first-order valence-electron chi connectivity index (χ1n) is 12.6. The maximum Gasteiger partial charge on any atom is 0.419 e. The van der Waals surface area contributed by atoms with E-state index in [1.54, 1.807) is 26.2 Å². The van der Waals surface area contributed by atoms with Crippen molar-refractivity contribution in [3.05, 3.63) is 53.9 Å². The van der Waals surface area contributed by atoms with Crippen LogP contribution < -0.4 is 15.2 Å². The largest absolute Gasteiger partial charge is 0.493 e. The summed E-state index contributed by atoms with van der Waals surface area (Å²) in [5.41, 5.74) is 7.49. The maximum absolute atomic E-state index is 13.5. The van der Waals surface area contributed by atoms with Crippen molar-refractivity contribution in [3.8, 4) is 34.0 Å². The third-order valence-corrected chi connectivity index (χ3v) is 7.53. The molecule has 0 unspecified atom stereocenters. The molecular weight excluding hydrogens is 529 g/mol. The molecule has 2 N–H and O–H groups in total.